The number of aryl methyl sites for hydroxylation is 1. The summed E-state index contributed by atoms with van der Waals surface area (Å²) in [5.74, 6) is -1.38. The first kappa shape index (κ1) is 13.7. The summed E-state index contributed by atoms with van der Waals surface area (Å²) < 4.78 is 1.92. The summed E-state index contributed by atoms with van der Waals surface area (Å²) in [7, 11) is 0. The van der Waals surface area contributed by atoms with Crippen LogP contribution >= 0.6 is 0 Å². The molecule has 20 heavy (non-hydrogen) atoms. The molecule has 2 aromatic heterocycles. The van der Waals surface area contributed by atoms with Gasteiger partial charge in [0, 0.05) is 31.7 Å². The lowest BCUT2D eigenvalue weighted by molar-refractivity contribution is 0.0695. The lowest BCUT2D eigenvalue weighted by atomic mass is 10.2. The van der Waals surface area contributed by atoms with Gasteiger partial charge in [-0.3, -0.25) is 9.78 Å². The van der Waals surface area contributed by atoms with Gasteiger partial charge in [0.25, 0.3) is 5.91 Å². The SMILES string of the molecule is O=C(O)c1ccc(C(=O)NCCCn2ccnc2)nc1. The molecule has 0 fully saturated rings. The van der Waals surface area contributed by atoms with Crippen LogP contribution in [0.1, 0.15) is 27.3 Å². The second-order valence-corrected chi connectivity index (χ2v) is 4.15. The number of rotatable bonds is 6. The third kappa shape index (κ3) is 3.64. The number of pyridine rings is 1. The van der Waals surface area contributed by atoms with Gasteiger partial charge in [-0.05, 0) is 18.6 Å². The van der Waals surface area contributed by atoms with E-state index in [0.717, 1.165) is 13.0 Å². The number of imidazole rings is 1. The van der Waals surface area contributed by atoms with E-state index in [1.54, 1.807) is 12.5 Å². The largest absolute Gasteiger partial charge is 0.478 e. The number of nitrogens with one attached hydrogen (secondary N) is 1. The molecule has 0 saturated carbocycles. The van der Waals surface area contributed by atoms with E-state index in [1.165, 1.54) is 18.3 Å². The van der Waals surface area contributed by atoms with E-state index in [1.807, 2.05) is 10.8 Å². The van der Waals surface area contributed by atoms with Crippen LogP contribution in [0.15, 0.2) is 37.1 Å². The fourth-order valence-electron chi connectivity index (χ4n) is 1.63. The average Bonchev–Trinajstić information content (AvgIpc) is 2.96. The van der Waals surface area contributed by atoms with E-state index in [0.29, 0.717) is 6.54 Å². The number of hydrogen-bond donors (Lipinski definition) is 2. The molecule has 2 heterocycles. The van der Waals surface area contributed by atoms with Crippen LogP contribution in [0, 0.1) is 0 Å². The minimum Gasteiger partial charge on any atom is -0.478 e. The number of nitrogens with zero attached hydrogens (tertiary/aromatic N) is 3. The molecule has 1 amide bonds. The van der Waals surface area contributed by atoms with Crippen LogP contribution in [0.3, 0.4) is 0 Å². The monoisotopic (exact) mass is 274 g/mol. The Kier molecular flexibility index (Phi) is 4.43. The second-order valence-electron chi connectivity index (χ2n) is 4.15. The van der Waals surface area contributed by atoms with Gasteiger partial charge in [-0.2, -0.15) is 0 Å². The molecule has 0 aliphatic carbocycles. The number of aromatic nitrogens is 3. The highest BCUT2D eigenvalue weighted by molar-refractivity contribution is 5.93. The average molecular weight is 274 g/mol. The van der Waals surface area contributed by atoms with Gasteiger partial charge in [0.1, 0.15) is 5.69 Å². The number of carbonyl (C=O) groups excluding carboxylic acids is 1. The van der Waals surface area contributed by atoms with E-state index >= 15 is 0 Å². The normalized spacial score (nSPS) is 10.2. The summed E-state index contributed by atoms with van der Waals surface area (Å²) in [6.45, 7) is 1.28. The quantitative estimate of drug-likeness (QED) is 0.759. The Morgan fingerprint density at radius 2 is 2.20 bits per heavy atom. The fraction of sp³-hybridized carbons (Fsp3) is 0.231. The zero-order valence-electron chi connectivity index (χ0n) is 10.7. The molecular weight excluding hydrogens is 260 g/mol. The molecule has 0 radical (unpaired) electrons. The summed E-state index contributed by atoms with van der Waals surface area (Å²) in [6.07, 6.45) is 7.21. The fourth-order valence-corrected chi connectivity index (χ4v) is 1.63. The Hall–Kier alpha value is -2.70. The molecule has 104 valence electrons. The van der Waals surface area contributed by atoms with Crippen molar-refractivity contribution in [3.05, 3.63) is 48.3 Å². The first-order chi connectivity index (χ1) is 9.66. The standard InChI is InChI=1S/C13H14N4O3/c18-12(11-3-2-10(8-16-11)13(19)20)15-4-1-6-17-7-5-14-9-17/h2-3,5,7-9H,1,4,6H2,(H,15,18)(H,19,20). The zero-order chi connectivity index (χ0) is 14.4. The van der Waals surface area contributed by atoms with Crippen LogP contribution in [0.25, 0.3) is 0 Å². The zero-order valence-corrected chi connectivity index (χ0v) is 10.7. The number of carboxylic acids is 1. The minimum atomic E-state index is -1.07. The number of aromatic carboxylic acids is 1. The molecule has 0 bridgehead atoms. The van der Waals surface area contributed by atoms with E-state index in [2.05, 4.69) is 15.3 Å². The molecule has 0 atom stereocenters. The number of hydrogen-bond acceptors (Lipinski definition) is 4. The van der Waals surface area contributed by atoms with Crippen LogP contribution < -0.4 is 5.32 Å². The van der Waals surface area contributed by atoms with Gasteiger partial charge in [-0.15, -0.1) is 0 Å². The van der Waals surface area contributed by atoms with E-state index in [4.69, 9.17) is 5.11 Å². The molecule has 0 aliphatic rings. The third-order valence-electron chi connectivity index (χ3n) is 2.68. The first-order valence-electron chi connectivity index (χ1n) is 6.10. The lowest BCUT2D eigenvalue weighted by Crippen LogP contribution is -2.26. The van der Waals surface area contributed by atoms with Crippen molar-refractivity contribution >= 4 is 11.9 Å². The van der Waals surface area contributed by atoms with Crippen LogP contribution in [-0.2, 0) is 6.54 Å². The summed E-state index contributed by atoms with van der Waals surface area (Å²) >= 11 is 0. The molecule has 0 aromatic carbocycles. The molecule has 2 rings (SSSR count). The number of amides is 1. The maximum atomic E-state index is 11.7. The summed E-state index contributed by atoms with van der Waals surface area (Å²) in [4.78, 5) is 30.1. The van der Waals surface area contributed by atoms with Crippen LogP contribution in [-0.4, -0.2) is 38.1 Å². The maximum absolute atomic E-state index is 11.7. The van der Waals surface area contributed by atoms with Crippen LogP contribution in [0.2, 0.25) is 0 Å². The van der Waals surface area contributed by atoms with E-state index < -0.39 is 5.97 Å². The molecule has 7 nitrogen and oxygen atoms in total. The van der Waals surface area contributed by atoms with Crippen LogP contribution in [0.4, 0.5) is 0 Å². The highest BCUT2D eigenvalue weighted by Gasteiger charge is 2.08. The van der Waals surface area contributed by atoms with Gasteiger partial charge < -0.3 is 15.0 Å². The topological polar surface area (TPSA) is 97.1 Å². The van der Waals surface area contributed by atoms with Crippen molar-refractivity contribution in [1.82, 2.24) is 19.9 Å². The second kappa shape index (κ2) is 6.46. The summed E-state index contributed by atoms with van der Waals surface area (Å²) in [6, 6.07) is 2.75. The third-order valence-corrected chi connectivity index (χ3v) is 2.68. The highest BCUT2D eigenvalue weighted by Crippen LogP contribution is 2.00. The Balaban J connectivity index is 1.78. The van der Waals surface area contributed by atoms with Gasteiger partial charge in [-0.1, -0.05) is 0 Å². The number of carbonyl (C=O) groups is 2. The molecule has 7 heteroatoms. The highest BCUT2D eigenvalue weighted by atomic mass is 16.4. The number of carboxylic acid groups (broad SMARTS) is 1. The summed E-state index contributed by atoms with van der Waals surface area (Å²) in [5.41, 5.74) is 0.263. The predicted molar refractivity (Wildman–Crippen MR) is 70.4 cm³/mol. The van der Waals surface area contributed by atoms with Gasteiger partial charge in [0.15, 0.2) is 0 Å². The first-order valence-corrected chi connectivity index (χ1v) is 6.10. The van der Waals surface area contributed by atoms with Crippen molar-refractivity contribution in [2.45, 2.75) is 13.0 Å². The van der Waals surface area contributed by atoms with Gasteiger partial charge >= 0.3 is 5.97 Å². The van der Waals surface area contributed by atoms with Gasteiger partial charge in [-0.25, -0.2) is 9.78 Å². The molecular formula is C13H14N4O3. The summed E-state index contributed by atoms with van der Waals surface area (Å²) in [5, 5.41) is 11.5. The van der Waals surface area contributed by atoms with Crippen molar-refractivity contribution in [2.24, 2.45) is 0 Å². The maximum Gasteiger partial charge on any atom is 0.337 e. The van der Waals surface area contributed by atoms with Crippen molar-refractivity contribution in [1.29, 1.82) is 0 Å². The molecule has 0 unspecified atom stereocenters. The van der Waals surface area contributed by atoms with Crippen LogP contribution in [0.5, 0.6) is 0 Å². The van der Waals surface area contributed by atoms with Crippen molar-refractivity contribution in [3.8, 4) is 0 Å². The minimum absolute atomic E-state index is 0.0571. The predicted octanol–water partition coefficient (Wildman–Crippen LogP) is 0.796. The van der Waals surface area contributed by atoms with Crippen molar-refractivity contribution in [2.75, 3.05) is 6.54 Å². The van der Waals surface area contributed by atoms with Crippen molar-refractivity contribution < 1.29 is 14.7 Å². The molecule has 0 aliphatic heterocycles. The lowest BCUT2D eigenvalue weighted by Gasteiger charge is -2.05. The van der Waals surface area contributed by atoms with E-state index in [9.17, 15) is 9.59 Å². The van der Waals surface area contributed by atoms with Crippen molar-refractivity contribution in [3.63, 3.8) is 0 Å². The Morgan fingerprint density at radius 3 is 2.80 bits per heavy atom. The van der Waals surface area contributed by atoms with Gasteiger partial charge in [0.05, 0.1) is 11.9 Å². The Bertz CT molecular complexity index is 578. The molecule has 0 saturated heterocycles. The smallest absolute Gasteiger partial charge is 0.337 e. The van der Waals surface area contributed by atoms with Gasteiger partial charge in [0.2, 0.25) is 0 Å². The molecule has 2 aromatic rings. The van der Waals surface area contributed by atoms with E-state index in [-0.39, 0.29) is 17.2 Å². The molecule has 2 N–H and O–H groups in total. The Morgan fingerprint density at radius 1 is 1.35 bits per heavy atom. The molecule has 0 spiro atoms. The Labute approximate surface area is 115 Å².